The molecule has 180 valence electrons. The van der Waals surface area contributed by atoms with Crippen molar-refractivity contribution in [1.82, 2.24) is 4.98 Å². The average Bonchev–Trinajstić information content (AvgIpc) is 3.56. The largest absolute Gasteiger partial charge is 0.497 e. The van der Waals surface area contributed by atoms with Crippen LogP contribution in [0.5, 0.6) is 11.5 Å². The van der Waals surface area contributed by atoms with Crippen LogP contribution in [0, 0.1) is 10.1 Å². The van der Waals surface area contributed by atoms with E-state index in [1.54, 1.807) is 31.4 Å². The highest BCUT2D eigenvalue weighted by molar-refractivity contribution is 6.03. The first-order valence-electron chi connectivity index (χ1n) is 10.7. The van der Waals surface area contributed by atoms with Crippen LogP contribution in [0.25, 0.3) is 33.9 Å². The summed E-state index contributed by atoms with van der Waals surface area (Å²) >= 11 is 0. The number of hydrogen-bond donors (Lipinski definition) is 1. The summed E-state index contributed by atoms with van der Waals surface area (Å²) in [6.07, 6.45) is 0. The average molecular weight is 485 g/mol. The molecule has 0 fully saturated rings. The summed E-state index contributed by atoms with van der Waals surface area (Å²) in [6.45, 7) is 0. The molecule has 36 heavy (non-hydrogen) atoms. The van der Waals surface area contributed by atoms with Crippen LogP contribution in [0.3, 0.4) is 0 Å². The lowest BCUT2D eigenvalue weighted by atomic mass is 10.1. The number of fused-ring (bicyclic) bond motifs is 1. The van der Waals surface area contributed by atoms with Crippen molar-refractivity contribution in [2.75, 3.05) is 19.5 Å². The Morgan fingerprint density at radius 3 is 2.53 bits per heavy atom. The molecule has 0 saturated carbocycles. The summed E-state index contributed by atoms with van der Waals surface area (Å²) in [4.78, 5) is 28.3. The van der Waals surface area contributed by atoms with E-state index in [0.717, 1.165) is 5.56 Å². The zero-order valence-corrected chi connectivity index (χ0v) is 19.2. The Labute approximate surface area is 204 Å². The van der Waals surface area contributed by atoms with Gasteiger partial charge in [0.05, 0.1) is 30.8 Å². The normalized spacial score (nSPS) is 10.8. The summed E-state index contributed by atoms with van der Waals surface area (Å²) < 4.78 is 21.8. The van der Waals surface area contributed by atoms with Gasteiger partial charge in [0.25, 0.3) is 11.6 Å². The molecule has 10 nitrogen and oxygen atoms in total. The third kappa shape index (κ3) is 4.34. The second-order valence-electron chi connectivity index (χ2n) is 7.69. The Bertz CT molecular complexity index is 1600. The van der Waals surface area contributed by atoms with Crippen molar-refractivity contribution >= 4 is 28.4 Å². The van der Waals surface area contributed by atoms with E-state index in [1.807, 2.05) is 24.3 Å². The number of rotatable bonds is 7. The number of furan rings is 1. The standard InChI is InChI=1S/C26H19N3O7/c1-33-17-5-3-4-15(12-17)26-28-20-13-16(6-9-23(20)36-26)27-25(30)24-11-10-22(35-24)19-8-7-18(34-2)14-21(19)29(31)32/h3-14H,1-2H3,(H,27,30). The Morgan fingerprint density at radius 2 is 1.75 bits per heavy atom. The number of nitro groups is 1. The van der Waals surface area contributed by atoms with Gasteiger partial charge in [-0.05, 0) is 60.7 Å². The quantitative estimate of drug-likeness (QED) is 0.222. The fourth-order valence-electron chi connectivity index (χ4n) is 3.68. The first kappa shape index (κ1) is 22.7. The smallest absolute Gasteiger partial charge is 0.291 e. The van der Waals surface area contributed by atoms with Crippen LogP contribution in [0.2, 0.25) is 0 Å². The topological polar surface area (TPSA) is 130 Å². The number of amides is 1. The van der Waals surface area contributed by atoms with Gasteiger partial charge >= 0.3 is 0 Å². The molecule has 0 saturated heterocycles. The van der Waals surface area contributed by atoms with Gasteiger partial charge in [-0.15, -0.1) is 0 Å². The zero-order valence-electron chi connectivity index (χ0n) is 19.2. The molecule has 0 radical (unpaired) electrons. The number of oxazole rings is 1. The molecule has 0 aliphatic heterocycles. The molecule has 3 aromatic carbocycles. The molecule has 0 aliphatic rings. The lowest BCUT2D eigenvalue weighted by Crippen LogP contribution is -2.10. The number of nitrogens with zero attached hydrogens (tertiary/aromatic N) is 2. The van der Waals surface area contributed by atoms with Crippen molar-refractivity contribution in [3.05, 3.63) is 88.7 Å². The van der Waals surface area contributed by atoms with Gasteiger partial charge in [-0.3, -0.25) is 14.9 Å². The van der Waals surface area contributed by atoms with Gasteiger partial charge in [0.15, 0.2) is 11.3 Å². The van der Waals surface area contributed by atoms with E-state index in [1.165, 1.54) is 31.4 Å². The molecular weight excluding hydrogens is 466 g/mol. The Hall–Kier alpha value is -5.12. The highest BCUT2D eigenvalue weighted by Crippen LogP contribution is 2.34. The first-order chi connectivity index (χ1) is 17.4. The Kier molecular flexibility index (Phi) is 5.83. The highest BCUT2D eigenvalue weighted by Gasteiger charge is 2.21. The second-order valence-corrected chi connectivity index (χ2v) is 7.69. The third-order valence-corrected chi connectivity index (χ3v) is 5.46. The SMILES string of the molecule is COc1cccc(-c2nc3cc(NC(=O)c4ccc(-c5ccc(OC)cc5[N+](=O)[O-])o4)ccc3o2)c1. The first-order valence-corrected chi connectivity index (χ1v) is 10.7. The van der Waals surface area contributed by atoms with Gasteiger partial charge in [-0.25, -0.2) is 4.98 Å². The molecule has 2 aromatic heterocycles. The maximum atomic E-state index is 12.8. The van der Waals surface area contributed by atoms with Crippen molar-refractivity contribution in [3.8, 4) is 34.3 Å². The molecule has 0 aliphatic carbocycles. The molecule has 1 N–H and O–H groups in total. The van der Waals surface area contributed by atoms with Crippen LogP contribution >= 0.6 is 0 Å². The van der Waals surface area contributed by atoms with E-state index >= 15 is 0 Å². The van der Waals surface area contributed by atoms with Gasteiger partial charge in [-0.2, -0.15) is 0 Å². The number of aromatic nitrogens is 1. The van der Waals surface area contributed by atoms with E-state index < -0.39 is 10.8 Å². The number of carbonyl (C=O) groups excluding carboxylic acids is 1. The summed E-state index contributed by atoms with van der Waals surface area (Å²) in [5, 5.41) is 14.2. The van der Waals surface area contributed by atoms with Gasteiger partial charge in [0.1, 0.15) is 22.8 Å². The van der Waals surface area contributed by atoms with Crippen molar-refractivity contribution in [2.24, 2.45) is 0 Å². The monoisotopic (exact) mass is 485 g/mol. The summed E-state index contributed by atoms with van der Waals surface area (Å²) in [7, 11) is 3.00. The van der Waals surface area contributed by atoms with Crippen molar-refractivity contribution in [1.29, 1.82) is 0 Å². The number of methoxy groups -OCH3 is 2. The van der Waals surface area contributed by atoms with Crippen LogP contribution in [-0.2, 0) is 0 Å². The number of carbonyl (C=O) groups is 1. The van der Waals surface area contributed by atoms with Gasteiger partial charge in [0.2, 0.25) is 5.89 Å². The van der Waals surface area contributed by atoms with Gasteiger partial charge in [0, 0.05) is 11.3 Å². The molecule has 5 aromatic rings. The zero-order chi connectivity index (χ0) is 25.2. The molecule has 2 heterocycles. The molecular formula is C26H19N3O7. The Balaban J connectivity index is 1.37. The number of ether oxygens (including phenoxy) is 2. The number of hydrogen-bond acceptors (Lipinski definition) is 8. The number of benzene rings is 3. The van der Waals surface area contributed by atoms with Crippen molar-refractivity contribution < 1.29 is 28.0 Å². The fraction of sp³-hybridized carbons (Fsp3) is 0.0769. The number of anilines is 1. The van der Waals surface area contributed by atoms with Crippen LogP contribution in [0.15, 0.2) is 81.6 Å². The molecule has 0 spiro atoms. The molecule has 0 unspecified atom stereocenters. The van der Waals surface area contributed by atoms with E-state index in [0.29, 0.717) is 34.2 Å². The summed E-state index contributed by atoms with van der Waals surface area (Å²) in [6, 6.07) is 19.7. The van der Waals surface area contributed by atoms with E-state index in [9.17, 15) is 14.9 Å². The van der Waals surface area contributed by atoms with Crippen LogP contribution in [0.1, 0.15) is 10.6 Å². The van der Waals surface area contributed by atoms with E-state index in [-0.39, 0.29) is 22.8 Å². The molecule has 10 heteroatoms. The van der Waals surface area contributed by atoms with Gasteiger partial charge in [-0.1, -0.05) is 6.07 Å². The van der Waals surface area contributed by atoms with E-state index in [2.05, 4.69) is 10.3 Å². The third-order valence-electron chi connectivity index (χ3n) is 5.46. The predicted molar refractivity (Wildman–Crippen MR) is 131 cm³/mol. The van der Waals surface area contributed by atoms with Crippen LogP contribution < -0.4 is 14.8 Å². The van der Waals surface area contributed by atoms with Crippen LogP contribution in [0.4, 0.5) is 11.4 Å². The maximum absolute atomic E-state index is 12.8. The summed E-state index contributed by atoms with van der Waals surface area (Å²) in [5.74, 6) is 1.10. The second kappa shape index (κ2) is 9.26. The molecule has 5 rings (SSSR count). The molecule has 0 atom stereocenters. The minimum atomic E-state index is -0.535. The predicted octanol–water partition coefficient (Wildman–Crippen LogP) is 5.93. The van der Waals surface area contributed by atoms with Crippen LogP contribution in [-0.4, -0.2) is 30.0 Å². The maximum Gasteiger partial charge on any atom is 0.291 e. The number of nitrogens with one attached hydrogen (secondary N) is 1. The molecule has 0 bridgehead atoms. The summed E-state index contributed by atoms with van der Waals surface area (Å²) in [5.41, 5.74) is 2.38. The van der Waals surface area contributed by atoms with E-state index in [4.69, 9.17) is 18.3 Å². The minimum absolute atomic E-state index is 0.00700. The molecule has 1 amide bonds. The van der Waals surface area contributed by atoms with Crippen molar-refractivity contribution in [3.63, 3.8) is 0 Å². The fourth-order valence-corrected chi connectivity index (χ4v) is 3.68. The minimum Gasteiger partial charge on any atom is -0.497 e. The van der Waals surface area contributed by atoms with Gasteiger partial charge < -0.3 is 23.6 Å². The lowest BCUT2D eigenvalue weighted by molar-refractivity contribution is -0.384. The number of nitro benzene ring substituents is 1. The highest BCUT2D eigenvalue weighted by atomic mass is 16.6. The Morgan fingerprint density at radius 1 is 0.944 bits per heavy atom. The lowest BCUT2D eigenvalue weighted by Gasteiger charge is -2.04. The van der Waals surface area contributed by atoms with Crippen molar-refractivity contribution in [2.45, 2.75) is 0 Å².